The Morgan fingerprint density at radius 3 is 2.44 bits per heavy atom. The van der Waals surface area contributed by atoms with Gasteiger partial charge in [0.2, 0.25) is 0 Å². The molecule has 0 radical (unpaired) electrons. The average molecular weight is 371 g/mol. The first kappa shape index (κ1) is 18.6. The van der Waals surface area contributed by atoms with Crippen molar-refractivity contribution >= 4 is 23.2 Å². The zero-order chi connectivity index (χ0) is 18.6. The number of halogens is 3. The Morgan fingerprint density at radius 2 is 1.92 bits per heavy atom. The van der Waals surface area contributed by atoms with E-state index in [0.29, 0.717) is 5.56 Å². The molecule has 0 atom stereocenters. The van der Waals surface area contributed by atoms with Crippen molar-refractivity contribution in [2.45, 2.75) is 13.2 Å². The zero-order valence-corrected chi connectivity index (χ0v) is 13.7. The number of benzene rings is 2. The van der Waals surface area contributed by atoms with Crippen LogP contribution in [0.25, 0.3) is 0 Å². The largest absolute Gasteiger partial charge is 0.435 e. The Bertz CT molecular complexity index is 784. The third-order valence-electron chi connectivity index (χ3n) is 3.31. The first-order chi connectivity index (χ1) is 11.8. The quantitative estimate of drug-likeness (QED) is 0.566. The van der Waals surface area contributed by atoms with Crippen LogP contribution in [0, 0.1) is 10.1 Å². The molecule has 0 aliphatic rings. The lowest BCUT2D eigenvalue weighted by atomic mass is 10.1. The van der Waals surface area contributed by atoms with Crippen LogP contribution in [0.15, 0.2) is 42.5 Å². The van der Waals surface area contributed by atoms with Crippen molar-refractivity contribution in [1.82, 2.24) is 4.90 Å². The van der Waals surface area contributed by atoms with Gasteiger partial charge in [-0.3, -0.25) is 14.9 Å². The fourth-order valence-corrected chi connectivity index (χ4v) is 2.37. The first-order valence-electron chi connectivity index (χ1n) is 7.01. The SMILES string of the molecule is CN(Cc1ccc(OC(F)F)cc1)C(=O)c1ccc([N+](=O)[O-])cc1Cl. The van der Waals surface area contributed by atoms with E-state index in [1.54, 1.807) is 12.1 Å². The van der Waals surface area contributed by atoms with Crippen LogP contribution in [0.4, 0.5) is 14.5 Å². The van der Waals surface area contributed by atoms with Gasteiger partial charge in [-0.1, -0.05) is 23.7 Å². The van der Waals surface area contributed by atoms with E-state index in [0.717, 1.165) is 6.07 Å². The van der Waals surface area contributed by atoms with Gasteiger partial charge < -0.3 is 9.64 Å². The normalized spacial score (nSPS) is 10.6. The van der Waals surface area contributed by atoms with Crippen molar-refractivity contribution in [3.8, 4) is 5.75 Å². The summed E-state index contributed by atoms with van der Waals surface area (Å²) in [5, 5.41) is 10.7. The molecule has 0 aliphatic heterocycles. The molecule has 0 unspecified atom stereocenters. The Hall–Kier alpha value is -2.74. The first-order valence-corrected chi connectivity index (χ1v) is 7.39. The van der Waals surface area contributed by atoms with Gasteiger partial charge in [0.05, 0.1) is 15.5 Å². The highest BCUT2D eigenvalue weighted by Crippen LogP contribution is 2.24. The van der Waals surface area contributed by atoms with Crippen molar-refractivity contribution < 1.29 is 23.2 Å². The Morgan fingerprint density at radius 1 is 1.28 bits per heavy atom. The van der Waals surface area contributed by atoms with Gasteiger partial charge in [-0.05, 0) is 23.8 Å². The van der Waals surface area contributed by atoms with E-state index in [9.17, 15) is 23.7 Å². The summed E-state index contributed by atoms with van der Waals surface area (Å²) >= 11 is 5.95. The number of nitro benzene ring substituents is 1. The smallest absolute Gasteiger partial charge is 0.387 e. The van der Waals surface area contributed by atoms with Gasteiger partial charge in [-0.15, -0.1) is 0 Å². The number of hydrogen-bond acceptors (Lipinski definition) is 4. The molecule has 2 aromatic rings. The van der Waals surface area contributed by atoms with Crippen LogP contribution in [0.5, 0.6) is 5.75 Å². The molecule has 0 heterocycles. The number of nitrogens with zero attached hydrogens (tertiary/aromatic N) is 2. The molecule has 0 N–H and O–H groups in total. The van der Waals surface area contributed by atoms with E-state index in [1.165, 1.54) is 36.2 Å². The third kappa shape index (κ3) is 4.87. The van der Waals surface area contributed by atoms with Crippen molar-refractivity contribution in [2.75, 3.05) is 7.05 Å². The monoisotopic (exact) mass is 370 g/mol. The molecule has 0 spiro atoms. The number of rotatable bonds is 6. The fourth-order valence-electron chi connectivity index (χ4n) is 2.12. The molecule has 0 saturated heterocycles. The summed E-state index contributed by atoms with van der Waals surface area (Å²) < 4.78 is 28.5. The minimum absolute atomic E-state index is 0.0196. The number of carbonyl (C=O) groups excluding carboxylic acids is 1. The number of ether oxygens (including phenoxy) is 1. The summed E-state index contributed by atoms with van der Waals surface area (Å²) in [6, 6.07) is 9.45. The summed E-state index contributed by atoms with van der Waals surface area (Å²) in [4.78, 5) is 23.9. The van der Waals surface area contributed by atoms with Gasteiger partial charge in [0.15, 0.2) is 0 Å². The number of non-ortho nitro benzene ring substituents is 1. The number of carbonyl (C=O) groups is 1. The number of amides is 1. The molecule has 132 valence electrons. The Balaban J connectivity index is 2.08. The van der Waals surface area contributed by atoms with E-state index >= 15 is 0 Å². The lowest BCUT2D eigenvalue weighted by molar-refractivity contribution is -0.384. The van der Waals surface area contributed by atoms with E-state index in [1.807, 2.05) is 0 Å². The highest BCUT2D eigenvalue weighted by molar-refractivity contribution is 6.34. The van der Waals surface area contributed by atoms with Crippen molar-refractivity contribution in [2.24, 2.45) is 0 Å². The maximum absolute atomic E-state index is 12.4. The molecule has 1 amide bonds. The van der Waals surface area contributed by atoms with Crippen LogP contribution < -0.4 is 4.74 Å². The van der Waals surface area contributed by atoms with Crippen molar-refractivity contribution in [3.05, 3.63) is 68.7 Å². The second-order valence-electron chi connectivity index (χ2n) is 5.10. The molecule has 0 fully saturated rings. The molecule has 6 nitrogen and oxygen atoms in total. The molecule has 2 aromatic carbocycles. The fraction of sp³-hybridized carbons (Fsp3) is 0.188. The average Bonchev–Trinajstić information content (AvgIpc) is 2.55. The molecule has 9 heteroatoms. The lowest BCUT2D eigenvalue weighted by Crippen LogP contribution is -2.26. The van der Waals surface area contributed by atoms with E-state index in [4.69, 9.17) is 11.6 Å². The molecule has 2 rings (SSSR count). The summed E-state index contributed by atoms with van der Waals surface area (Å²) in [7, 11) is 1.53. The van der Waals surface area contributed by atoms with Crippen LogP contribution in [0.2, 0.25) is 5.02 Å². The van der Waals surface area contributed by atoms with Crippen LogP contribution in [-0.2, 0) is 6.54 Å². The van der Waals surface area contributed by atoms with E-state index in [-0.39, 0.29) is 28.6 Å². The summed E-state index contributed by atoms with van der Waals surface area (Å²) in [6.45, 7) is -2.71. The third-order valence-corrected chi connectivity index (χ3v) is 3.62. The standard InChI is InChI=1S/C16H13ClF2N2O4/c1-20(9-10-2-5-12(6-3-10)25-16(18)19)15(22)13-7-4-11(21(23)24)8-14(13)17/h2-8,16H,9H2,1H3. The highest BCUT2D eigenvalue weighted by atomic mass is 35.5. The molecular formula is C16H13ClF2N2O4. The van der Waals surface area contributed by atoms with Gasteiger partial charge in [-0.2, -0.15) is 8.78 Å². The van der Waals surface area contributed by atoms with Gasteiger partial charge in [0.25, 0.3) is 11.6 Å². The maximum atomic E-state index is 12.4. The summed E-state index contributed by atoms with van der Waals surface area (Å²) in [5.41, 5.74) is 0.613. The molecule has 0 aromatic heterocycles. The number of nitro groups is 1. The predicted molar refractivity (Wildman–Crippen MR) is 87.0 cm³/mol. The highest BCUT2D eigenvalue weighted by Gasteiger charge is 2.18. The van der Waals surface area contributed by atoms with Crippen molar-refractivity contribution in [3.63, 3.8) is 0 Å². The van der Waals surface area contributed by atoms with Gasteiger partial charge in [0.1, 0.15) is 5.75 Å². The Kier molecular flexibility index (Phi) is 5.87. The van der Waals surface area contributed by atoms with Gasteiger partial charge in [0, 0.05) is 25.7 Å². The molecular weight excluding hydrogens is 358 g/mol. The predicted octanol–water partition coefficient (Wildman–Crippen LogP) is 4.12. The second-order valence-corrected chi connectivity index (χ2v) is 5.51. The van der Waals surface area contributed by atoms with Crippen LogP contribution in [-0.4, -0.2) is 29.4 Å². The minimum atomic E-state index is -2.90. The van der Waals surface area contributed by atoms with Crippen LogP contribution >= 0.6 is 11.6 Å². The summed E-state index contributed by atoms with van der Waals surface area (Å²) in [5.74, 6) is -0.404. The minimum Gasteiger partial charge on any atom is -0.435 e. The molecule has 0 aliphatic carbocycles. The summed E-state index contributed by atoms with van der Waals surface area (Å²) in [6.07, 6.45) is 0. The van der Waals surface area contributed by atoms with Crippen molar-refractivity contribution in [1.29, 1.82) is 0 Å². The van der Waals surface area contributed by atoms with E-state index < -0.39 is 17.4 Å². The van der Waals surface area contributed by atoms with Gasteiger partial charge in [-0.25, -0.2) is 0 Å². The lowest BCUT2D eigenvalue weighted by Gasteiger charge is -2.18. The number of alkyl halides is 2. The maximum Gasteiger partial charge on any atom is 0.387 e. The second kappa shape index (κ2) is 7.89. The molecule has 25 heavy (non-hydrogen) atoms. The van der Waals surface area contributed by atoms with Crippen LogP contribution in [0.1, 0.15) is 15.9 Å². The zero-order valence-electron chi connectivity index (χ0n) is 13.0. The molecule has 0 bridgehead atoms. The van der Waals surface area contributed by atoms with Gasteiger partial charge >= 0.3 is 6.61 Å². The number of hydrogen-bond donors (Lipinski definition) is 0. The Labute approximate surface area is 146 Å². The molecule has 0 saturated carbocycles. The van der Waals surface area contributed by atoms with E-state index in [2.05, 4.69) is 4.74 Å². The van der Waals surface area contributed by atoms with Crippen LogP contribution in [0.3, 0.4) is 0 Å². The topological polar surface area (TPSA) is 72.7 Å².